The second-order valence-electron chi connectivity index (χ2n) is 15.7. The third-order valence-electron chi connectivity index (χ3n) is 10.3. The number of hydrogen-bond acceptors (Lipinski definition) is 9. The summed E-state index contributed by atoms with van der Waals surface area (Å²) in [5, 5.41) is 0. The van der Waals surface area contributed by atoms with Crippen molar-refractivity contribution in [2.24, 2.45) is 5.92 Å². The Bertz CT molecular complexity index is 1440. The number of amides is 2. The third kappa shape index (κ3) is 12.1. The van der Waals surface area contributed by atoms with Crippen LogP contribution in [0.5, 0.6) is 5.75 Å². The minimum atomic E-state index is -0.635. The first-order valence-electron chi connectivity index (χ1n) is 19.7. The molecule has 0 saturated carbocycles. The number of methoxy groups -OCH3 is 1. The number of likely N-dealkylation sites (tertiary alicyclic amines) is 2. The first-order chi connectivity index (χ1) is 25.5. The molecule has 2 aromatic rings. The van der Waals surface area contributed by atoms with Crippen molar-refractivity contribution in [3.05, 3.63) is 59.2 Å². The molecule has 11 nitrogen and oxygen atoms in total. The summed E-state index contributed by atoms with van der Waals surface area (Å²) in [4.78, 5) is 33.1. The van der Waals surface area contributed by atoms with Crippen LogP contribution in [-0.2, 0) is 41.7 Å². The van der Waals surface area contributed by atoms with Crippen LogP contribution in [0.2, 0.25) is 0 Å². The fourth-order valence-corrected chi connectivity index (χ4v) is 7.68. The molecule has 2 amide bonds. The lowest BCUT2D eigenvalue weighted by atomic mass is 9.76. The van der Waals surface area contributed by atoms with E-state index in [4.69, 9.17) is 28.4 Å². The van der Waals surface area contributed by atoms with Gasteiger partial charge in [0.1, 0.15) is 18.0 Å². The van der Waals surface area contributed by atoms with Crippen molar-refractivity contribution in [2.45, 2.75) is 104 Å². The zero-order chi connectivity index (χ0) is 37.8. The van der Waals surface area contributed by atoms with Gasteiger partial charge in [0, 0.05) is 58.8 Å². The number of benzene rings is 2. The van der Waals surface area contributed by atoms with Gasteiger partial charge in [0.2, 0.25) is 5.91 Å². The molecule has 2 fully saturated rings. The van der Waals surface area contributed by atoms with Gasteiger partial charge in [0.25, 0.3) is 0 Å². The molecule has 2 saturated heterocycles. The summed E-state index contributed by atoms with van der Waals surface area (Å²) in [6.07, 6.45) is 3.48. The van der Waals surface area contributed by atoms with Gasteiger partial charge in [0.05, 0.1) is 50.8 Å². The molecule has 3 heterocycles. The van der Waals surface area contributed by atoms with Crippen LogP contribution in [0.25, 0.3) is 0 Å². The summed E-state index contributed by atoms with van der Waals surface area (Å²) in [5.74, 6) is 1.01. The third-order valence-corrected chi connectivity index (χ3v) is 10.3. The Morgan fingerprint density at radius 2 is 1.72 bits per heavy atom. The van der Waals surface area contributed by atoms with Crippen LogP contribution in [0.3, 0.4) is 0 Å². The van der Waals surface area contributed by atoms with Crippen LogP contribution in [0, 0.1) is 5.92 Å². The molecule has 0 unspecified atom stereocenters. The maximum Gasteiger partial charge on any atom is 0.410 e. The van der Waals surface area contributed by atoms with Gasteiger partial charge < -0.3 is 43.1 Å². The van der Waals surface area contributed by atoms with Crippen molar-refractivity contribution < 1.29 is 38.0 Å². The van der Waals surface area contributed by atoms with Gasteiger partial charge in [-0.2, -0.15) is 0 Å². The fourth-order valence-electron chi connectivity index (χ4n) is 7.68. The molecule has 294 valence electrons. The van der Waals surface area contributed by atoms with Crippen LogP contribution in [-0.4, -0.2) is 112 Å². The van der Waals surface area contributed by atoms with Crippen LogP contribution >= 0.6 is 0 Å². The van der Waals surface area contributed by atoms with Crippen LogP contribution < -0.4 is 9.64 Å². The van der Waals surface area contributed by atoms with E-state index in [9.17, 15) is 9.59 Å². The van der Waals surface area contributed by atoms with E-state index in [0.717, 1.165) is 73.6 Å². The molecule has 0 spiro atoms. The first-order valence-corrected chi connectivity index (χ1v) is 19.7. The number of rotatable bonds is 17. The molecule has 5 rings (SSSR count). The molecule has 2 aromatic carbocycles. The number of ether oxygens (including phenoxy) is 6. The second-order valence-corrected chi connectivity index (χ2v) is 15.7. The summed E-state index contributed by atoms with van der Waals surface area (Å²) >= 11 is 0. The Kier molecular flexibility index (Phi) is 15.2. The second kappa shape index (κ2) is 19.8. The van der Waals surface area contributed by atoms with Gasteiger partial charge in [-0.05, 0) is 95.0 Å². The van der Waals surface area contributed by atoms with Gasteiger partial charge in [-0.3, -0.25) is 4.79 Å². The van der Waals surface area contributed by atoms with Gasteiger partial charge in [-0.15, -0.1) is 0 Å². The highest BCUT2D eigenvalue weighted by atomic mass is 16.6. The summed E-state index contributed by atoms with van der Waals surface area (Å²) in [7, 11) is 1.73. The Labute approximate surface area is 317 Å². The number of hydrogen-bond donors (Lipinski definition) is 0. The monoisotopic (exact) mass is 737 g/mol. The highest BCUT2D eigenvalue weighted by Crippen LogP contribution is 2.40. The molecule has 3 aliphatic heterocycles. The quantitative estimate of drug-likeness (QED) is 0.162. The summed E-state index contributed by atoms with van der Waals surface area (Å²) < 4.78 is 35.7. The van der Waals surface area contributed by atoms with E-state index in [0.29, 0.717) is 65.6 Å². The van der Waals surface area contributed by atoms with E-state index in [1.807, 2.05) is 45.6 Å². The minimum absolute atomic E-state index is 0.0184. The topological polar surface area (TPSA) is 99.2 Å². The number of piperidine rings is 1. The van der Waals surface area contributed by atoms with Gasteiger partial charge in [-0.1, -0.05) is 30.3 Å². The van der Waals surface area contributed by atoms with Crippen molar-refractivity contribution in [2.75, 3.05) is 77.7 Å². The highest BCUT2D eigenvalue weighted by molar-refractivity contribution is 5.76. The lowest BCUT2D eigenvalue weighted by molar-refractivity contribution is -0.130. The molecule has 53 heavy (non-hydrogen) atoms. The smallest absolute Gasteiger partial charge is 0.410 e. The minimum Gasteiger partial charge on any atom is -0.490 e. The summed E-state index contributed by atoms with van der Waals surface area (Å²) in [5.41, 5.74) is 3.68. The predicted octanol–water partition coefficient (Wildman–Crippen LogP) is 6.80. The van der Waals surface area contributed by atoms with E-state index >= 15 is 0 Å². The largest absolute Gasteiger partial charge is 0.490 e. The Morgan fingerprint density at radius 3 is 2.43 bits per heavy atom. The van der Waals surface area contributed by atoms with Crippen molar-refractivity contribution in [1.82, 2.24) is 9.80 Å². The van der Waals surface area contributed by atoms with E-state index < -0.39 is 5.60 Å². The molecule has 0 aromatic heterocycles. The Balaban J connectivity index is 1.39. The number of nitrogens with zero attached hydrogens (tertiary/aromatic N) is 3. The number of carbonyl (C=O) groups is 2. The molecule has 3 aliphatic rings. The SMILES string of the molecule is CCO[C@H](C)COCc1ccc([C@H]2[C@H](CCC(=O)N3CCCC3)CN(C(=O)OC(C)(C)C)C[C@@H]2OCc2ccc3c(c2)N(CCCOC)CCO3)cc1. The highest BCUT2D eigenvalue weighted by Gasteiger charge is 2.41. The standard InChI is InChI=1S/C42H63N3O8/c1-7-50-31(2)28-49-29-32-11-14-34(15-12-32)40-35(16-18-39(46)44-19-8-9-20-44)26-45(41(47)53-42(3,4)5)27-38(40)52-30-33-13-17-37-36(25-33)43(22-24-51-37)21-10-23-48-6/h11-15,17,25,31,35,38,40H,7-10,16,18-24,26-30H2,1-6H3/t31-,35-,38+,40+/m1/s1. The van der Waals surface area contributed by atoms with E-state index in [2.05, 4.69) is 41.3 Å². The normalized spacial score (nSPS) is 20.9. The number of carbonyl (C=O) groups excluding carboxylic acids is 2. The molecule has 0 N–H and O–H groups in total. The van der Waals surface area contributed by atoms with Crippen molar-refractivity contribution in [3.8, 4) is 5.75 Å². The van der Waals surface area contributed by atoms with Crippen molar-refractivity contribution >= 4 is 17.7 Å². The van der Waals surface area contributed by atoms with Crippen molar-refractivity contribution in [1.29, 1.82) is 0 Å². The lowest BCUT2D eigenvalue weighted by Crippen LogP contribution is -2.52. The zero-order valence-corrected chi connectivity index (χ0v) is 33.0. The molecule has 0 radical (unpaired) electrons. The Morgan fingerprint density at radius 1 is 0.962 bits per heavy atom. The summed E-state index contributed by atoms with van der Waals surface area (Å²) in [6.45, 7) is 17.3. The lowest BCUT2D eigenvalue weighted by Gasteiger charge is -2.44. The van der Waals surface area contributed by atoms with Crippen molar-refractivity contribution in [3.63, 3.8) is 0 Å². The molecule has 4 atom stereocenters. The molecule has 11 heteroatoms. The predicted molar refractivity (Wildman–Crippen MR) is 205 cm³/mol. The fraction of sp³-hybridized carbons (Fsp3) is 0.667. The Hall–Kier alpha value is -3.38. The van der Waals surface area contributed by atoms with Crippen LogP contribution in [0.15, 0.2) is 42.5 Å². The van der Waals surface area contributed by atoms with Crippen LogP contribution in [0.1, 0.15) is 89.3 Å². The number of fused-ring (bicyclic) bond motifs is 1. The maximum absolute atomic E-state index is 13.6. The average Bonchev–Trinajstić information content (AvgIpc) is 3.68. The average molecular weight is 738 g/mol. The zero-order valence-electron chi connectivity index (χ0n) is 33.0. The first kappa shape index (κ1) is 40.8. The molecule has 0 bridgehead atoms. The van der Waals surface area contributed by atoms with E-state index in [-0.39, 0.29) is 36.0 Å². The molecular formula is C42H63N3O8. The van der Waals surface area contributed by atoms with E-state index in [1.54, 1.807) is 12.0 Å². The molecular weight excluding hydrogens is 674 g/mol. The maximum atomic E-state index is 13.6. The van der Waals surface area contributed by atoms with Gasteiger partial charge >= 0.3 is 6.09 Å². The summed E-state index contributed by atoms with van der Waals surface area (Å²) in [6, 6.07) is 14.8. The molecule has 0 aliphatic carbocycles. The van der Waals surface area contributed by atoms with Crippen LogP contribution in [0.4, 0.5) is 10.5 Å². The number of anilines is 1. The van der Waals surface area contributed by atoms with Gasteiger partial charge in [-0.25, -0.2) is 4.79 Å². The van der Waals surface area contributed by atoms with Gasteiger partial charge in [0.15, 0.2) is 0 Å². The van der Waals surface area contributed by atoms with E-state index in [1.165, 1.54) is 0 Å².